The maximum atomic E-state index is 11.2. The predicted octanol–water partition coefficient (Wildman–Crippen LogP) is 3.10. The fourth-order valence-electron chi connectivity index (χ4n) is 2.63. The number of benzene rings is 1. The summed E-state index contributed by atoms with van der Waals surface area (Å²) >= 11 is 0. The Morgan fingerprint density at radius 1 is 1.06 bits per heavy atom. The summed E-state index contributed by atoms with van der Waals surface area (Å²) in [7, 11) is 0. The average Bonchev–Trinajstić information content (AvgIpc) is 2.83. The van der Waals surface area contributed by atoms with E-state index in [-0.39, 0.29) is 16.5 Å². The summed E-state index contributed by atoms with van der Waals surface area (Å²) in [5.74, 6) is 0.0569. The molecule has 1 aliphatic carbocycles. The summed E-state index contributed by atoms with van der Waals surface area (Å²) in [6.07, 6.45) is 3.79. The molecular formula is C12H14N2O4. The van der Waals surface area contributed by atoms with Crippen molar-refractivity contribution in [2.75, 3.05) is 0 Å². The van der Waals surface area contributed by atoms with Crippen molar-refractivity contribution in [3.8, 4) is 0 Å². The zero-order valence-corrected chi connectivity index (χ0v) is 9.82. The highest BCUT2D eigenvalue weighted by atomic mass is 16.6. The van der Waals surface area contributed by atoms with Crippen molar-refractivity contribution in [3.05, 3.63) is 50.1 Å². The third kappa shape index (κ3) is 2.47. The Kier molecular flexibility index (Phi) is 3.55. The first-order valence-electron chi connectivity index (χ1n) is 5.97. The molecule has 1 fully saturated rings. The molecule has 0 aromatic heterocycles. The molecule has 0 heterocycles. The molecule has 96 valence electrons. The van der Waals surface area contributed by atoms with Crippen LogP contribution in [0.5, 0.6) is 0 Å². The molecular weight excluding hydrogens is 236 g/mol. The first kappa shape index (κ1) is 12.5. The topological polar surface area (TPSA) is 86.3 Å². The zero-order valence-electron chi connectivity index (χ0n) is 9.82. The van der Waals surface area contributed by atoms with Crippen LogP contribution in [0, 0.1) is 26.1 Å². The standard InChI is InChI=1S/C12H14N2O4/c15-13(16)11-7-5-10(6-8-11)12(14(17)18)9-3-1-2-4-9/h5-9,12H,1-4H2. The molecule has 1 aromatic rings. The number of rotatable bonds is 4. The Balaban J connectivity index is 2.25. The quantitative estimate of drug-likeness (QED) is 0.606. The summed E-state index contributed by atoms with van der Waals surface area (Å²) in [5.41, 5.74) is 0.532. The Labute approximate surface area is 104 Å². The Bertz CT molecular complexity index is 452. The molecule has 1 saturated carbocycles. The van der Waals surface area contributed by atoms with E-state index in [9.17, 15) is 20.2 Å². The van der Waals surface area contributed by atoms with Crippen LogP contribution in [0.3, 0.4) is 0 Å². The second-order valence-corrected chi connectivity index (χ2v) is 4.62. The van der Waals surface area contributed by atoms with Gasteiger partial charge >= 0.3 is 0 Å². The molecule has 0 bridgehead atoms. The lowest BCUT2D eigenvalue weighted by atomic mass is 9.92. The van der Waals surface area contributed by atoms with Crippen LogP contribution in [0.2, 0.25) is 0 Å². The summed E-state index contributed by atoms with van der Waals surface area (Å²) in [5, 5.41) is 21.7. The maximum Gasteiger partial charge on any atom is 0.269 e. The van der Waals surface area contributed by atoms with E-state index in [1.165, 1.54) is 24.3 Å². The lowest BCUT2D eigenvalue weighted by molar-refractivity contribution is -0.539. The van der Waals surface area contributed by atoms with E-state index in [1.54, 1.807) is 0 Å². The second kappa shape index (κ2) is 5.12. The molecule has 6 nitrogen and oxygen atoms in total. The van der Waals surface area contributed by atoms with Gasteiger partial charge in [0.05, 0.1) is 4.92 Å². The number of nitro groups is 2. The Morgan fingerprint density at radius 2 is 1.61 bits per heavy atom. The molecule has 1 aromatic carbocycles. The van der Waals surface area contributed by atoms with Crippen molar-refractivity contribution in [2.24, 2.45) is 5.92 Å². The number of hydrogen-bond donors (Lipinski definition) is 0. The number of nitrogens with zero attached hydrogens (tertiary/aromatic N) is 2. The minimum Gasteiger partial charge on any atom is -0.264 e. The number of nitro benzene ring substituents is 1. The fraction of sp³-hybridized carbons (Fsp3) is 0.500. The monoisotopic (exact) mass is 250 g/mol. The lowest BCUT2D eigenvalue weighted by Gasteiger charge is -2.15. The third-order valence-electron chi connectivity index (χ3n) is 3.52. The Hall–Kier alpha value is -1.98. The molecule has 18 heavy (non-hydrogen) atoms. The van der Waals surface area contributed by atoms with Gasteiger partial charge in [0.2, 0.25) is 6.04 Å². The molecule has 1 aliphatic rings. The van der Waals surface area contributed by atoms with Crippen LogP contribution in [0.25, 0.3) is 0 Å². The average molecular weight is 250 g/mol. The van der Waals surface area contributed by atoms with E-state index in [0.717, 1.165) is 25.7 Å². The van der Waals surface area contributed by atoms with Crippen molar-refractivity contribution in [2.45, 2.75) is 31.7 Å². The number of non-ortho nitro benzene ring substituents is 1. The summed E-state index contributed by atoms with van der Waals surface area (Å²) in [6.45, 7) is 0. The fourth-order valence-corrected chi connectivity index (χ4v) is 2.63. The highest BCUT2D eigenvalue weighted by Gasteiger charge is 2.35. The van der Waals surface area contributed by atoms with Crippen molar-refractivity contribution in [1.82, 2.24) is 0 Å². The van der Waals surface area contributed by atoms with Crippen LogP contribution in [-0.4, -0.2) is 9.85 Å². The molecule has 0 aliphatic heterocycles. The zero-order chi connectivity index (χ0) is 13.1. The van der Waals surface area contributed by atoms with Crippen molar-refractivity contribution >= 4 is 5.69 Å². The van der Waals surface area contributed by atoms with E-state index in [0.29, 0.717) is 5.56 Å². The molecule has 0 N–H and O–H groups in total. The maximum absolute atomic E-state index is 11.2. The van der Waals surface area contributed by atoms with Gasteiger partial charge in [-0.15, -0.1) is 0 Å². The van der Waals surface area contributed by atoms with Gasteiger partial charge in [-0.25, -0.2) is 0 Å². The van der Waals surface area contributed by atoms with E-state index in [4.69, 9.17) is 0 Å². The predicted molar refractivity (Wildman–Crippen MR) is 64.8 cm³/mol. The summed E-state index contributed by atoms with van der Waals surface area (Å²) in [6, 6.07) is 4.95. The molecule has 1 atom stereocenters. The molecule has 0 spiro atoms. The lowest BCUT2D eigenvalue weighted by Crippen LogP contribution is -2.18. The molecule has 1 unspecified atom stereocenters. The first-order chi connectivity index (χ1) is 8.59. The minimum absolute atomic E-state index is 0.0349. The van der Waals surface area contributed by atoms with Gasteiger partial charge in [0, 0.05) is 28.5 Å². The van der Waals surface area contributed by atoms with Crippen LogP contribution in [0.4, 0.5) is 5.69 Å². The van der Waals surface area contributed by atoms with Gasteiger partial charge in [0.1, 0.15) is 0 Å². The summed E-state index contributed by atoms with van der Waals surface area (Å²) < 4.78 is 0. The Morgan fingerprint density at radius 3 is 2.06 bits per heavy atom. The molecule has 2 rings (SSSR count). The van der Waals surface area contributed by atoms with Gasteiger partial charge in [-0.1, -0.05) is 12.8 Å². The van der Waals surface area contributed by atoms with Gasteiger partial charge in [-0.2, -0.15) is 0 Å². The van der Waals surface area contributed by atoms with Gasteiger partial charge < -0.3 is 0 Å². The smallest absolute Gasteiger partial charge is 0.264 e. The third-order valence-corrected chi connectivity index (χ3v) is 3.52. The van der Waals surface area contributed by atoms with Crippen LogP contribution < -0.4 is 0 Å². The van der Waals surface area contributed by atoms with E-state index >= 15 is 0 Å². The molecule has 6 heteroatoms. The molecule has 0 saturated heterocycles. The minimum atomic E-state index is -0.728. The molecule has 0 radical (unpaired) electrons. The van der Waals surface area contributed by atoms with E-state index in [2.05, 4.69) is 0 Å². The number of hydrogen-bond acceptors (Lipinski definition) is 4. The largest absolute Gasteiger partial charge is 0.269 e. The van der Waals surface area contributed by atoms with Gasteiger partial charge in [-0.3, -0.25) is 20.2 Å². The normalized spacial score (nSPS) is 17.6. The van der Waals surface area contributed by atoms with Crippen molar-refractivity contribution in [3.63, 3.8) is 0 Å². The van der Waals surface area contributed by atoms with Gasteiger partial charge in [0.25, 0.3) is 5.69 Å². The van der Waals surface area contributed by atoms with Crippen LogP contribution in [0.1, 0.15) is 37.3 Å². The highest BCUT2D eigenvalue weighted by molar-refractivity contribution is 5.34. The highest BCUT2D eigenvalue weighted by Crippen LogP contribution is 2.37. The van der Waals surface area contributed by atoms with Crippen molar-refractivity contribution < 1.29 is 9.85 Å². The summed E-state index contributed by atoms with van der Waals surface area (Å²) in [4.78, 5) is 21.0. The van der Waals surface area contributed by atoms with E-state index < -0.39 is 11.0 Å². The SMILES string of the molecule is O=[N+]([O-])c1ccc(C(C2CCCC2)[N+](=O)[O-])cc1. The first-order valence-corrected chi connectivity index (χ1v) is 5.97. The van der Waals surface area contributed by atoms with Crippen LogP contribution in [-0.2, 0) is 0 Å². The second-order valence-electron chi connectivity index (χ2n) is 4.62. The molecule has 0 amide bonds. The van der Waals surface area contributed by atoms with Crippen LogP contribution in [0.15, 0.2) is 24.3 Å². The van der Waals surface area contributed by atoms with E-state index in [1.807, 2.05) is 0 Å². The van der Waals surface area contributed by atoms with Gasteiger partial charge in [-0.05, 0) is 25.0 Å². The van der Waals surface area contributed by atoms with Crippen molar-refractivity contribution in [1.29, 1.82) is 0 Å². The van der Waals surface area contributed by atoms with Gasteiger partial charge in [0.15, 0.2) is 0 Å². The van der Waals surface area contributed by atoms with Crippen LogP contribution >= 0.6 is 0 Å².